The summed E-state index contributed by atoms with van der Waals surface area (Å²) in [7, 11) is 0. The molecular weight excluding hydrogens is 362 g/mol. The van der Waals surface area contributed by atoms with Gasteiger partial charge < -0.3 is 15.5 Å². The summed E-state index contributed by atoms with van der Waals surface area (Å²) in [4.78, 5) is 26.1. The van der Waals surface area contributed by atoms with Gasteiger partial charge in [0.15, 0.2) is 6.54 Å². The van der Waals surface area contributed by atoms with Crippen molar-refractivity contribution in [3.8, 4) is 0 Å². The van der Waals surface area contributed by atoms with Crippen molar-refractivity contribution in [1.82, 2.24) is 0 Å². The summed E-state index contributed by atoms with van der Waals surface area (Å²) in [5, 5.41) is 5.07. The molecule has 0 aliphatic carbocycles. The first-order valence-electron chi connectivity index (χ1n) is 10.6. The molecule has 0 bridgehead atoms. The molecule has 154 valence electrons. The predicted molar refractivity (Wildman–Crippen MR) is 117 cm³/mol. The number of nitrogens with zero attached hydrogens (tertiary/aromatic N) is 1. The van der Waals surface area contributed by atoms with Crippen LogP contribution in [0.5, 0.6) is 0 Å². The van der Waals surface area contributed by atoms with Crippen LogP contribution < -0.4 is 15.5 Å². The number of anilines is 2. The number of hydrogen-bond donors (Lipinski definition) is 2. The molecule has 5 nitrogen and oxygen atoms in total. The van der Waals surface area contributed by atoms with E-state index >= 15 is 0 Å². The van der Waals surface area contributed by atoms with E-state index in [-0.39, 0.29) is 17.9 Å². The standard InChI is InChI=1S/C24H31N3O2/c1-4-18-7-9-19(10-8-18)24(17(2)3)25-16-22(28)26-20-11-13-21(14-12-20)27-15-5-6-23(27)29/h7-14,17,24-25H,4-6,15-16H2,1-3H3,(H,26,28)/p+1/t24-/m1/s1. The topological polar surface area (TPSA) is 66.0 Å². The SMILES string of the molecule is CCc1ccc([C@H]([NH2+]CC(=O)Nc2ccc(N3CCCC3=O)cc2)C(C)C)cc1. The van der Waals surface area contributed by atoms with E-state index in [0.717, 1.165) is 30.8 Å². The zero-order valence-corrected chi connectivity index (χ0v) is 17.7. The molecule has 2 amide bonds. The molecule has 29 heavy (non-hydrogen) atoms. The Labute approximate surface area is 173 Å². The van der Waals surface area contributed by atoms with E-state index in [1.807, 2.05) is 24.3 Å². The summed E-state index contributed by atoms with van der Waals surface area (Å²) < 4.78 is 0. The summed E-state index contributed by atoms with van der Waals surface area (Å²) in [6.07, 6.45) is 2.56. The molecule has 1 saturated heterocycles. The van der Waals surface area contributed by atoms with Crippen molar-refractivity contribution in [1.29, 1.82) is 0 Å². The molecular formula is C24H32N3O2+. The molecule has 3 rings (SSSR count). The highest BCUT2D eigenvalue weighted by Gasteiger charge is 2.22. The molecule has 5 heteroatoms. The molecule has 0 radical (unpaired) electrons. The number of amides is 2. The van der Waals surface area contributed by atoms with Crippen molar-refractivity contribution in [3.63, 3.8) is 0 Å². The number of benzene rings is 2. The Morgan fingerprint density at radius 1 is 1.10 bits per heavy atom. The molecule has 1 fully saturated rings. The van der Waals surface area contributed by atoms with Crippen LogP contribution in [-0.2, 0) is 16.0 Å². The number of hydrogen-bond acceptors (Lipinski definition) is 2. The quantitative estimate of drug-likeness (QED) is 0.722. The van der Waals surface area contributed by atoms with Crippen molar-refractivity contribution >= 4 is 23.2 Å². The Kier molecular flexibility index (Phi) is 7.04. The molecule has 0 saturated carbocycles. The van der Waals surface area contributed by atoms with Gasteiger partial charge in [-0.05, 0) is 42.7 Å². The van der Waals surface area contributed by atoms with E-state index in [9.17, 15) is 9.59 Å². The van der Waals surface area contributed by atoms with Crippen molar-refractivity contribution < 1.29 is 14.9 Å². The minimum absolute atomic E-state index is 0.0224. The Morgan fingerprint density at radius 3 is 2.34 bits per heavy atom. The molecule has 0 unspecified atom stereocenters. The van der Waals surface area contributed by atoms with Gasteiger partial charge >= 0.3 is 0 Å². The lowest BCUT2D eigenvalue weighted by molar-refractivity contribution is -0.692. The van der Waals surface area contributed by atoms with E-state index in [2.05, 4.69) is 55.7 Å². The van der Waals surface area contributed by atoms with Gasteiger partial charge in [-0.3, -0.25) is 9.59 Å². The molecule has 1 atom stereocenters. The van der Waals surface area contributed by atoms with Crippen LogP contribution in [-0.4, -0.2) is 24.9 Å². The van der Waals surface area contributed by atoms with Gasteiger partial charge in [-0.25, -0.2) is 0 Å². The second-order valence-corrected chi connectivity index (χ2v) is 8.05. The highest BCUT2D eigenvalue weighted by atomic mass is 16.2. The van der Waals surface area contributed by atoms with Crippen molar-refractivity contribution in [2.24, 2.45) is 5.92 Å². The lowest BCUT2D eigenvalue weighted by Gasteiger charge is -2.20. The van der Waals surface area contributed by atoms with Gasteiger partial charge in [0.2, 0.25) is 5.91 Å². The summed E-state index contributed by atoms with van der Waals surface area (Å²) in [6.45, 7) is 7.66. The van der Waals surface area contributed by atoms with Gasteiger partial charge in [-0.1, -0.05) is 45.0 Å². The lowest BCUT2D eigenvalue weighted by Crippen LogP contribution is -2.88. The Hall–Kier alpha value is -2.66. The summed E-state index contributed by atoms with van der Waals surface area (Å²) in [6, 6.07) is 16.5. The van der Waals surface area contributed by atoms with Crippen LogP contribution in [0, 0.1) is 5.92 Å². The molecule has 1 aliphatic rings. The molecule has 1 heterocycles. The number of aryl methyl sites for hydroxylation is 1. The number of rotatable bonds is 8. The van der Waals surface area contributed by atoms with E-state index in [4.69, 9.17) is 0 Å². The Morgan fingerprint density at radius 2 is 1.79 bits per heavy atom. The summed E-state index contributed by atoms with van der Waals surface area (Å²) in [5.74, 6) is 0.571. The second kappa shape index (κ2) is 9.70. The maximum Gasteiger partial charge on any atom is 0.279 e. The third-order valence-corrected chi connectivity index (χ3v) is 5.58. The number of quaternary nitrogens is 1. The van der Waals surface area contributed by atoms with Gasteiger partial charge in [0.1, 0.15) is 6.04 Å². The van der Waals surface area contributed by atoms with Crippen LogP contribution in [0.4, 0.5) is 11.4 Å². The van der Waals surface area contributed by atoms with Crippen LogP contribution in [0.25, 0.3) is 0 Å². The van der Waals surface area contributed by atoms with Crippen LogP contribution in [0.15, 0.2) is 48.5 Å². The highest BCUT2D eigenvalue weighted by Crippen LogP contribution is 2.23. The first-order valence-corrected chi connectivity index (χ1v) is 10.6. The first kappa shape index (κ1) is 21.1. The molecule has 0 spiro atoms. The number of nitrogens with two attached hydrogens (primary N) is 1. The third-order valence-electron chi connectivity index (χ3n) is 5.58. The van der Waals surface area contributed by atoms with Crippen LogP contribution in [0.1, 0.15) is 50.8 Å². The zero-order valence-electron chi connectivity index (χ0n) is 17.7. The van der Waals surface area contributed by atoms with Gasteiger partial charge in [0.25, 0.3) is 5.91 Å². The lowest BCUT2D eigenvalue weighted by atomic mass is 9.95. The Balaban J connectivity index is 1.55. The fourth-order valence-electron chi connectivity index (χ4n) is 3.86. The first-order chi connectivity index (χ1) is 14.0. The molecule has 2 aromatic carbocycles. The van der Waals surface area contributed by atoms with E-state index in [1.54, 1.807) is 4.90 Å². The van der Waals surface area contributed by atoms with Crippen LogP contribution in [0.3, 0.4) is 0 Å². The maximum atomic E-state index is 12.5. The largest absolute Gasteiger partial charge is 0.332 e. The van der Waals surface area contributed by atoms with Gasteiger partial charge in [0.05, 0.1) is 0 Å². The zero-order chi connectivity index (χ0) is 20.8. The minimum atomic E-state index is -0.0224. The van der Waals surface area contributed by atoms with Gasteiger partial charge in [-0.2, -0.15) is 0 Å². The molecule has 3 N–H and O–H groups in total. The second-order valence-electron chi connectivity index (χ2n) is 8.05. The summed E-state index contributed by atoms with van der Waals surface area (Å²) in [5.41, 5.74) is 4.23. The fourth-order valence-corrected chi connectivity index (χ4v) is 3.86. The smallest absolute Gasteiger partial charge is 0.279 e. The van der Waals surface area contributed by atoms with E-state index < -0.39 is 0 Å². The van der Waals surface area contributed by atoms with Crippen LogP contribution in [0.2, 0.25) is 0 Å². The predicted octanol–water partition coefficient (Wildman–Crippen LogP) is 3.28. The fraction of sp³-hybridized carbons (Fsp3) is 0.417. The number of carbonyl (C=O) groups is 2. The van der Waals surface area contributed by atoms with Gasteiger partial charge in [-0.15, -0.1) is 0 Å². The van der Waals surface area contributed by atoms with Crippen molar-refractivity contribution in [2.75, 3.05) is 23.3 Å². The normalized spacial score (nSPS) is 15.0. The number of nitrogens with one attached hydrogen (secondary N) is 1. The Bertz CT molecular complexity index is 828. The van der Waals surface area contributed by atoms with E-state index in [0.29, 0.717) is 18.9 Å². The van der Waals surface area contributed by atoms with Crippen molar-refractivity contribution in [3.05, 3.63) is 59.7 Å². The molecule has 1 aliphatic heterocycles. The monoisotopic (exact) mass is 394 g/mol. The maximum absolute atomic E-state index is 12.5. The number of carbonyl (C=O) groups excluding carboxylic acids is 2. The average molecular weight is 395 g/mol. The van der Waals surface area contributed by atoms with E-state index in [1.165, 1.54) is 11.1 Å². The van der Waals surface area contributed by atoms with Crippen molar-refractivity contribution in [2.45, 2.75) is 46.1 Å². The third kappa shape index (κ3) is 5.45. The van der Waals surface area contributed by atoms with Gasteiger partial charge in [0, 0.05) is 35.8 Å². The minimum Gasteiger partial charge on any atom is -0.332 e. The van der Waals surface area contributed by atoms with Crippen LogP contribution >= 0.6 is 0 Å². The molecule has 0 aromatic heterocycles. The summed E-state index contributed by atoms with van der Waals surface area (Å²) >= 11 is 0. The molecule has 2 aromatic rings. The highest BCUT2D eigenvalue weighted by molar-refractivity contribution is 5.96. The average Bonchev–Trinajstić information content (AvgIpc) is 3.15.